The van der Waals surface area contributed by atoms with Crippen molar-refractivity contribution in [2.24, 2.45) is 5.73 Å². The van der Waals surface area contributed by atoms with Gasteiger partial charge in [0, 0.05) is 16.6 Å². The molecule has 16 heavy (non-hydrogen) atoms. The molecule has 1 atom stereocenters. The average Bonchev–Trinajstić information content (AvgIpc) is 2.14. The first-order valence-corrected chi connectivity index (χ1v) is 5.57. The Bertz CT molecular complexity index is 359. The van der Waals surface area contributed by atoms with E-state index in [4.69, 9.17) is 22.1 Å². The highest BCUT2D eigenvalue weighted by atomic mass is 35.5. The molecule has 0 aliphatic rings. The SMILES string of the molecule is C[C@@H](N)c1cc(Cl)ccc1OCC(C)(C)O. The van der Waals surface area contributed by atoms with Crippen molar-refractivity contribution in [3.05, 3.63) is 28.8 Å². The van der Waals surface area contributed by atoms with Gasteiger partial charge in [0.25, 0.3) is 0 Å². The lowest BCUT2D eigenvalue weighted by molar-refractivity contribution is 0.0280. The molecule has 0 spiro atoms. The van der Waals surface area contributed by atoms with Gasteiger partial charge in [-0.05, 0) is 39.0 Å². The zero-order valence-corrected chi connectivity index (χ0v) is 10.6. The van der Waals surface area contributed by atoms with Gasteiger partial charge in [-0.25, -0.2) is 0 Å². The smallest absolute Gasteiger partial charge is 0.124 e. The van der Waals surface area contributed by atoms with Crippen molar-refractivity contribution in [3.63, 3.8) is 0 Å². The molecule has 0 saturated carbocycles. The van der Waals surface area contributed by atoms with Gasteiger partial charge < -0.3 is 15.6 Å². The minimum absolute atomic E-state index is 0.157. The Morgan fingerprint density at radius 1 is 1.50 bits per heavy atom. The van der Waals surface area contributed by atoms with Crippen molar-refractivity contribution in [2.45, 2.75) is 32.4 Å². The highest BCUT2D eigenvalue weighted by Gasteiger charge is 2.16. The zero-order chi connectivity index (χ0) is 12.3. The number of aliphatic hydroxyl groups is 1. The molecule has 3 nitrogen and oxygen atoms in total. The predicted octanol–water partition coefficient (Wildman–Crippen LogP) is 2.51. The summed E-state index contributed by atoms with van der Waals surface area (Å²) in [7, 11) is 0. The summed E-state index contributed by atoms with van der Waals surface area (Å²) in [6, 6.07) is 5.14. The second kappa shape index (κ2) is 5.04. The van der Waals surface area contributed by atoms with Crippen LogP contribution in [0.3, 0.4) is 0 Å². The molecule has 0 bridgehead atoms. The fraction of sp³-hybridized carbons (Fsp3) is 0.500. The van der Waals surface area contributed by atoms with Crippen LogP contribution in [0.5, 0.6) is 5.75 Å². The lowest BCUT2D eigenvalue weighted by atomic mass is 10.1. The molecule has 0 unspecified atom stereocenters. The van der Waals surface area contributed by atoms with Crippen molar-refractivity contribution in [3.8, 4) is 5.75 Å². The van der Waals surface area contributed by atoms with Crippen LogP contribution in [0, 0.1) is 0 Å². The van der Waals surface area contributed by atoms with E-state index in [1.54, 1.807) is 32.0 Å². The molecule has 3 N–H and O–H groups in total. The first kappa shape index (κ1) is 13.3. The Morgan fingerprint density at radius 3 is 2.62 bits per heavy atom. The fourth-order valence-electron chi connectivity index (χ4n) is 1.26. The Balaban J connectivity index is 2.87. The molecule has 4 heteroatoms. The van der Waals surface area contributed by atoms with Gasteiger partial charge in [0.05, 0.1) is 5.60 Å². The summed E-state index contributed by atoms with van der Waals surface area (Å²) in [5.74, 6) is 0.668. The van der Waals surface area contributed by atoms with Crippen LogP contribution in [0.15, 0.2) is 18.2 Å². The molecule has 0 saturated heterocycles. The van der Waals surface area contributed by atoms with E-state index in [2.05, 4.69) is 0 Å². The third-order valence-corrected chi connectivity index (χ3v) is 2.28. The van der Waals surface area contributed by atoms with Crippen LogP contribution in [0.4, 0.5) is 0 Å². The first-order chi connectivity index (χ1) is 7.29. The van der Waals surface area contributed by atoms with Crippen LogP contribution >= 0.6 is 11.6 Å². The van der Waals surface area contributed by atoms with Crippen LogP contribution < -0.4 is 10.5 Å². The maximum atomic E-state index is 9.58. The van der Waals surface area contributed by atoms with Crippen molar-refractivity contribution in [1.29, 1.82) is 0 Å². The Labute approximate surface area is 101 Å². The quantitative estimate of drug-likeness (QED) is 0.855. The van der Waals surface area contributed by atoms with Gasteiger partial charge in [-0.1, -0.05) is 11.6 Å². The molecular formula is C12H18ClNO2. The van der Waals surface area contributed by atoms with Gasteiger partial charge in [-0.2, -0.15) is 0 Å². The van der Waals surface area contributed by atoms with Crippen molar-refractivity contribution in [2.75, 3.05) is 6.61 Å². The number of halogens is 1. The molecular weight excluding hydrogens is 226 g/mol. The second-order valence-corrected chi connectivity index (χ2v) is 5.01. The Morgan fingerprint density at radius 2 is 2.12 bits per heavy atom. The normalized spacial score (nSPS) is 13.6. The molecule has 0 amide bonds. The zero-order valence-electron chi connectivity index (χ0n) is 9.83. The van der Waals surface area contributed by atoms with Crippen molar-refractivity contribution >= 4 is 11.6 Å². The third-order valence-electron chi connectivity index (χ3n) is 2.04. The van der Waals surface area contributed by atoms with Crippen LogP contribution in [0.25, 0.3) is 0 Å². The van der Waals surface area contributed by atoms with E-state index >= 15 is 0 Å². The summed E-state index contributed by atoms with van der Waals surface area (Å²) >= 11 is 5.89. The van der Waals surface area contributed by atoms with E-state index in [9.17, 15) is 5.11 Å². The number of ether oxygens (including phenoxy) is 1. The lowest BCUT2D eigenvalue weighted by Crippen LogP contribution is -2.28. The number of hydrogen-bond donors (Lipinski definition) is 2. The molecule has 1 aromatic carbocycles. The van der Waals surface area contributed by atoms with E-state index < -0.39 is 5.60 Å². The van der Waals surface area contributed by atoms with Gasteiger partial charge >= 0.3 is 0 Å². The predicted molar refractivity (Wildman–Crippen MR) is 65.8 cm³/mol. The fourth-order valence-corrected chi connectivity index (χ4v) is 1.44. The number of nitrogens with two attached hydrogens (primary N) is 1. The molecule has 1 rings (SSSR count). The first-order valence-electron chi connectivity index (χ1n) is 5.20. The monoisotopic (exact) mass is 243 g/mol. The maximum Gasteiger partial charge on any atom is 0.124 e. The number of hydrogen-bond acceptors (Lipinski definition) is 3. The van der Waals surface area contributed by atoms with E-state index in [1.165, 1.54) is 0 Å². The summed E-state index contributed by atoms with van der Waals surface area (Å²) in [5.41, 5.74) is 5.80. The molecule has 0 heterocycles. The number of rotatable bonds is 4. The number of benzene rings is 1. The molecule has 0 aromatic heterocycles. The third kappa shape index (κ3) is 4.00. The highest BCUT2D eigenvalue weighted by molar-refractivity contribution is 6.30. The molecule has 0 radical (unpaired) electrons. The molecule has 1 aromatic rings. The van der Waals surface area contributed by atoms with E-state index in [1.807, 2.05) is 6.92 Å². The Hall–Kier alpha value is -0.770. The average molecular weight is 244 g/mol. The summed E-state index contributed by atoms with van der Waals surface area (Å²) in [5, 5.41) is 10.2. The van der Waals surface area contributed by atoms with Crippen LogP contribution in [-0.2, 0) is 0 Å². The van der Waals surface area contributed by atoms with Crippen LogP contribution in [-0.4, -0.2) is 17.3 Å². The molecule has 0 fully saturated rings. The molecule has 0 aliphatic carbocycles. The van der Waals surface area contributed by atoms with Gasteiger partial charge in [0.2, 0.25) is 0 Å². The highest BCUT2D eigenvalue weighted by Crippen LogP contribution is 2.27. The van der Waals surface area contributed by atoms with Gasteiger partial charge in [0.15, 0.2) is 0 Å². The minimum atomic E-state index is -0.866. The molecule has 0 aliphatic heterocycles. The van der Waals surface area contributed by atoms with Gasteiger partial charge in [0.1, 0.15) is 12.4 Å². The van der Waals surface area contributed by atoms with Crippen molar-refractivity contribution in [1.82, 2.24) is 0 Å². The van der Waals surface area contributed by atoms with Gasteiger partial charge in [-0.15, -0.1) is 0 Å². The van der Waals surface area contributed by atoms with E-state index in [-0.39, 0.29) is 12.6 Å². The van der Waals surface area contributed by atoms with E-state index in [0.717, 1.165) is 5.56 Å². The maximum absolute atomic E-state index is 9.58. The second-order valence-electron chi connectivity index (χ2n) is 4.57. The summed E-state index contributed by atoms with van der Waals surface area (Å²) in [4.78, 5) is 0. The van der Waals surface area contributed by atoms with Gasteiger partial charge in [-0.3, -0.25) is 0 Å². The van der Waals surface area contributed by atoms with Crippen molar-refractivity contribution < 1.29 is 9.84 Å². The largest absolute Gasteiger partial charge is 0.490 e. The summed E-state index contributed by atoms with van der Waals surface area (Å²) < 4.78 is 5.53. The molecule has 90 valence electrons. The van der Waals surface area contributed by atoms with Crippen LogP contribution in [0.2, 0.25) is 5.02 Å². The minimum Gasteiger partial charge on any atom is -0.490 e. The van der Waals surface area contributed by atoms with E-state index in [0.29, 0.717) is 10.8 Å². The topological polar surface area (TPSA) is 55.5 Å². The Kier molecular flexibility index (Phi) is 4.19. The summed E-state index contributed by atoms with van der Waals surface area (Å²) in [6.07, 6.45) is 0. The van der Waals surface area contributed by atoms with Crippen LogP contribution in [0.1, 0.15) is 32.4 Å². The lowest BCUT2D eigenvalue weighted by Gasteiger charge is -2.20. The summed E-state index contributed by atoms with van der Waals surface area (Å²) in [6.45, 7) is 5.46. The standard InChI is InChI=1S/C12H18ClNO2/c1-8(14)10-6-9(13)4-5-11(10)16-7-12(2,3)15/h4-6,8,15H,7,14H2,1-3H3/t8-/m1/s1.